The highest BCUT2D eigenvalue weighted by molar-refractivity contribution is 6.35. The van der Waals surface area contributed by atoms with Crippen LogP contribution in [-0.4, -0.2) is 22.0 Å². The van der Waals surface area contributed by atoms with Gasteiger partial charge in [-0.2, -0.15) is 5.10 Å². The van der Waals surface area contributed by atoms with E-state index in [4.69, 9.17) is 11.6 Å². The number of aromatic nitrogens is 2. The standard InChI is InChI=1S/C13H9ClN4O2/c14-8-3-1-2-6-10(8)17-12(20)13(6)4-9(19)16-11-7(13)5-15-18-11/h1-3,5H,4H2,(H,17,20)(H2,15,16,18,19). The van der Waals surface area contributed by atoms with Gasteiger partial charge in [-0.15, -0.1) is 0 Å². The summed E-state index contributed by atoms with van der Waals surface area (Å²) in [6, 6.07) is 5.29. The SMILES string of the molecule is O=C1CC2(C(=O)Nc3c(Cl)cccc32)c2cn[nH]c2N1. The Balaban J connectivity index is 2.06. The third-order valence-corrected chi connectivity index (χ3v) is 4.20. The van der Waals surface area contributed by atoms with Gasteiger partial charge in [0.25, 0.3) is 0 Å². The molecule has 1 aromatic heterocycles. The number of amides is 2. The molecule has 3 N–H and O–H groups in total. The van der Waals surface area contributed by atoms with Crippen molar-refractivity contribution in [3.8, 4) is 0 Å². The van der Waals surface area contributed by atoms with E-state index in [0.717, 1.165) is 0 Å². The van der Waals surface area contributed by atoms with Gasteiger partial charge in [0, 0.05) is 12.0 Å². The number of benzene rings is 1. The highest BCUT2D eigenvalue weighted by Crippen LogP contribution is 2.50. The Morgan fingerprint density at radius 2 is 2.05 bits per heavy atom. The van der Waals surface area contributed by atoms with Crippen LogP contribution in [0.4, 0.5) is 11.5 Å². The highest BCUT2D eigenvalue weighted by Gasteiger charge is 2.54. The number of carbonyl (C=O) groups excluding carboxylic acids is 2. The first-order valence-corrected chi connectivity index (χ1v) is 6.45. The lowest BCUT2D eigenvalue weighted by atomic mass is 9.72. The third kappa shape index (κ3) is 1.21. The molecule has 1 unspecified atom stereocenters. The van der Waals surface area contributed by atoms with E-state index in [9.17, 15) is 9.59 Å². The summed E-state index contributed by atoms with van der Waals surface area (Å²) in [5.41, 5.74) is 0.898. The van der Waals surface area contributed by atoms with Gasteiger partial charge >= 0.3 is 0 Å². The second kappa shape index (κ2) is 3.61. The molecule has 20 heavy (non-hydrogen) atoms. The summed E-state index contributed by atoms with van der Waals surface area (Å²) in [6.45, 7) is 0. The van der Waals surface area contributed by atoms with Gasteiger partial charge in [0.1, 0.15) is 11.2 Å². The molecule has 2 amide bonds. The minimum atomic E-state index is -1.05. The molecule has 7 heteroatoms. The first-order chi connectivity index (χ1) is 9.63. The Morgan fingerprint density at radius 3 is 2.90 bits per heavy atom. The Labute approximate surface area is 118 Å². The minimum Gasteiger partial charge on any atom is -0.323 e. The normalized spacial score (nSPS) is 23.2. The molecule has 0 fully saturated rings. The molecule has 1 aromatic carbocycles. The maximum absolute atomic E-state index is 12.6. The van der Waals surface area contributed by atoms with Crippen LogP contribution in [0.5, 0.6) is 0 Å². The lowest BCUT2D eigenvalue weighted by Gasteiger charge is -2.30. The Kier molecular flexibility index (Phi) is 2.07. The number of H-pyrrole nitrogens is 1. The zero-order valence-electron chi connectivity index (χ0n) is 10.2. The van der Waals surface area contributed by atoms with Crippen molar-refractivity contribution in [2.75, 3.05) is 10.6 Å². The summed E-state index contributed by atoms with van der Waals surface area (Å²) in [5.74, 6) is -0.0212. The van der Waals surface area contributed by atoms with Gasteiger partial charge < -0.3 is 10.6 Å². The van der Waals surface area contributed by atoms with Gasteiger partial charge in [-0.3, -0.25) is 14.7 Å². The number of para-hydroxylation sites is 1. The van der Waals surface area contributed by atoms with Crippen LogP contribution in [0.3, 0.4) is 0 Å². The average molecular weight is 289 g/mol. The molecule has 2 aromatic rings. The fourth-order valence-corrected chi connectivity index (χ4v) is 3.24. The highest BCUT2D eigenvalue weighted by atomic mass is 35.5. The molecule has 3 heterocycles. The van der Waals surface area contributed by atoms with E-state index in [-0.39, 0.29) is 18.2 Å². The van der Waals surface area contributed by atoms with Crippen LogP contribution in [-0.2, 0) is 15.0 Å². The lowest BCUT2D eigenvalue weighted by Crippen LogP contribution is -2.43. The van der Waals surface area contributed by atoms with Crippen molar-refractivity contribution >= 4 is 34.9 Å². The van der Waals surface area contributed by atoms with Gasteiger partial charge in [0.15, 0.2) is 0 Å². The number of carbonyl (C=O) groups is 2. The number of hydrogen-bond acceptors (Lipinski definition) is 3. The van der Waals surface area contributed by atoms with Crippen LogP contribution in [0, 0.1) is 0 Å². The van der Waals surface area contributed by atoms with Crippen molar-refractivity contribution in [3.63, 3.8) is 0 Å². The molecule has 2 aliphatic heterocycles. The third-order valence-electron chi connectivity index (χ3n) is 3.89. The van der Waals surface area contributed by atoms with Crippen molar-refractivity contribution in [2.24, 2.45) is 0 Å². The Bertz CT molecular complexity index is 769. The monoisotopic (exact) mass is 288 g/mol. The van der Waals surface area contributed by atoms with Gasteiger partial charge in [-0.05, 0) is 11.6 Å². The number of anilines is 2. The molecular weight excluding hydrogens is 280 g/mol. The van der Waals surface area contributed by atoms with Crippen LogP contribution in [0.15, 0.2) is 24.4 Å². The molecular formula is C13H9ClN4O2. The van der Waals surface area contributed by atoms with Gasteiger partial charge in [-0.1, -0.05) is 23.7 Å². The maximum Gasteiger partial charge on any atom is 0.240 e. The van der Waals surface area contributed by atoms with Gasteiger partial charge in [0.2, 0.25) is 11.8 Å². The minimum absolute atomic E-state index is 0.0404. The molecule has 100 valence electrons. The van der Waals surface area contributed by atoms with E-state index in [1.807, 2.05) is 6.07 Å². The van der Waals surface area contributed by atoms with E-state index in [1.54, 1.807) is 18.3 Å². The molecule has 0 radical (unpaired) electrons. The number of hydrogen-bond donors (Lipinski definition) is 3. The molecule has 0 bridgehead atoms. The molecule has 6 nitrogen and oxygen atoms in total. The number of nitrogens with one attached hydrogen (secondary N) is 3. The second-order valence-corrected chi connectivity index (χ2v) is 5.31. The smallest absolute Gasteiger partial charge is 0.240 e. The van der Waals surface area contributed by atoms with E-state index in [1.165, 1.54) is 0 Å². The van der Waals surface area contributed by atoms with E-state index in [0.29, 0.717) is 27.7 Å². The van der Waals surface area contributed by atoms with Crippen molar-refractivity contribution in [2.45, 2.75) is 11.8 Å². The summed E-state index contributed by atoms with van der Waals surface area (Å²) in [4.78, 5) is 24.5. The summed E-state index contributed by atoms with van der Waals surface area (Å²) in [7, 11) is 0. The van der Waals surface area contributed by atoms with Crippen LogP contribution in [0.25, 0.3) is 0 Å². The molecule has 2 aliphatic rings. The first kappa shape index (κ1) is 11.5. The van der Waals surface area contributed by atoms with Crippen LogP contribution in [0.2, 0.25) is 5.02 Å². The largest absolute Gasteiger partial charge is 0.323 e. The fourth-order valence-electron chi connectivity index (χ4n) is 3.02. The lowest BCUT2D eigenvalue weighted by molar-refractivity contribution is -0.125. The molecule has 0 saturated heterocycles. The number of nitrogens with zero attached hydrogens (tertiary/aromatic N) is 1. The Morgan fingerprint density at radius 1 is 1.20 bits per heavy atom. The molecule has 0 saturated carbocycles. The van der Waals surface area contributed by atoms with Crippen LogP contribution < -0.4 is 10.6 Å². The molecule has 0 aliphatic carbocycles. The number of halogens is 1. The average Bonchev–Trinajstić information content (AvgIpc) is 2.97. The summed E-state index contributed by atoms with van der Waals surface area (Å²) >= 11 is 6.14. The number of aromatic amines is 1. The topological polar surface area (TPSA) is 86.9 Å². The fraction of sp³-hybridized carbons (Fsp3) is 0.154. The molecule has 1 atom stereocenters. The number of rotatable bonds is 0. The predicted octanol–water partition coefficient (Wildman–Crippen LogP) is 1.64. The quantitative estimate of drug-likeness (QED) is 0.689. The Hall–Kier alpha value is -2.34. The maximum atomic E-state index is 12.6. The second-order valence-electron chi connectivity index (χ2n) is 4.91. The van der Waals surface area contributed by atoms with Gasteiger partial charge in [-0.25, -0.2) is 0 Å². The van der Waals surface area contributed by atoms with Crippen molar-refractivity contribution in [1.29, 1.82) is 0 Å². The van der Waals surface area contributed by atoms with E-state index >= 15 is 0 Å². The zero-order chi connectivity index (χ0) is 13.9. The zero-order valence-corrected chi connectivity index (χ0v) is 10.9. The van der Waals surface area contributed by atoms with Crippen LogP contribution >= 0.6 is 11.6 Å². The summed E-state index contributed by atoms with van der Waals surface area (Å²) in [6.07, 6.45) is 1.61. The van der Waals surface area contributed by atoms with Crippen molar-refractivity contribution in [1.82, 2.24) is 10.2 Å². The van der Waals surface area contributed by atoms with Gasteiger partial charge in [0.05, 0.1) is 16.9 Å². The number of fused-ring (bicyclic) bond motifs is 4. The first-order valence-electron chi connectivity index (χ1n) is 6.07. The van der Waals surface area contributed by atoms with Crippen LogP contribution in [0.1, 0.15) is 17.5 Å². The van der Waals surface area contributed by atoms with Crippen molar-refractivity contribution in [3.05, 3.63) is 40.5 Å². The van der Waals surface area contributed by atoms with Crippen molar-refractivity contribution < 1.29 is 9.59 Å². The summed E-state index contributed by atoms with van der Waals surface area (Å²) < 4.78 is 0. The predicted molar refractivity (Wildman–Crippen MR) is 72.7 cm³/mol. The molecule has 4 rings (SSSR count). The summed E-state index contributed by atoms with van der Waals surface area (Å²) in [5, 5.41) is 12.6. The van der Waals surface area contributed by atoms with E-state index < -0.39 is 5.41 Å². The van der Waals surface area contributed by atoms with E-state index in [2.05, 4.69) is 20.8 Å². The molecule has 1 spiro atoms.